The molecule has 1 aliphatic rings. The maximum absolute atomic E-state index is 11.9. The van der Waals surface area contributed by atoms with E-state index in [9.17, 15) is 4.79 Å². The van der Waals surface area contributed by atoms with Crippen LogP contribution in [0.25, 0.3) is 0 Å². The molecule has 4 heteroatoms. The summed E-state index contributed by atoms with van der Waals surface area (Å²) in [6.45, 7) is 0.521. The molecule has 3 N–H and O–H groups in total. The minimum absolute atomic E-state index is 0. The van der Waals surface area contributed by atoms with Crippen LogP contribution in [0.2, 0.25) is 0 Å². The molecule has 118 valence electrons. The van der Waals surface area contributed by atoms with Gasteiger partial charge in [-0.05, 0) is 17.9 Å². The van der Waals surface area contributed by atoms with Crippen molar-refractivity contribution in [1.82, 2.24) is 5.32 Å². The van der Waals surface area contributed by atoms with Crippen molar-refractivity contribution in [3.63, 3.8) is 0 Å². The molecule has 1 fully saturated rings. The first-order valence-corrected chi connectivity index (χ1v) is 7.83. The van der Waals surface area contributed by atoms with Gasteiger partial charge in [0, 0.05) is 19.0 Å². The quantitative estimate of drug-likeness (QED) is 0.843. The van der Waals surface area contributed by atoms with E-state index in [0.717, 1.165) is 17.9 Å². The summed E-state index contributed by atoms with van der Waals surface area (Å²) in [5.74, 6) is 0.902. The van der Waals surface area contributed by atoms with E-state index in [4.69, 9.17) is 5.73 Å². The molecule has 2 rings (SSSR count). The van der Waals surface area contributed by atoms with E-state index in [-0.39, 0.29) is 24.4 Å². The van der Waals surface area contributed by atoms with Crippen molar-refractivity contribution < 1.29 is 4.79 Å². The first-order chi connectivity index (χ1) is 9.75. The van der Waals surface area contributed by atoms with Gasteiger partial charge in [-0.2, -0.15) is 0 Å². The number of benzene rings is 1. The van der Waals surface area contributed by atoms with Crippen LogP contribution in [0.1, 0.15) is 56.6 Å². The fourth-order valence-electron chi connectivity index (χ4n) is 2.94. The number of halogens is 1. The number of nitrogens with two attached hydrogens (primary N) is 1. The van der Waals surface area contributed by atoms with Gasteiger partial charge >= 0.3 is 0 Å². The summed E-state index contributed by atoms with van der Waals surface area (Å²) in [6.07, 6.45) is 8.33. The first kappa shape index (κ1) is 18.0. The summed E-state index contributed by atoms with van der Waals surface area (Å²) in [5.41, 5.74) is 7.14. The minimum atomic E-state index is -0.116. The van der Waals surface area contributed by atoms with Gasteiger partial charge in [-0.15, -0.1) is 12.4 Å². The highest BCUT2D eigenvalue weighted by atomic mass is 35.5. The Morgan fingerprint density at radius 3 is 2.52 bits per heavy atom. The molecule has 0 saturated heterocycles. The Hall–Kier alpha value is -1.06. The monoisotopic (exact) mass is 310 g/mol. The Bertz CT molecular complexity index is 405. The normalized spacial score (nSPS) is 16.8. The predicted octanol–water partition coefficient (Wildman–Crippen LogP) is 3.58. The molecule has 3 nitrogen and oxygen atoms in total. The van der Waals surface area contributed by atoms with Gasteiger partial charge in [0.25, 0.3) is 0 Å². The van der Waals surface area contributed by atoms with Crippen molar-refractivity contribution in [2.45, 2.75) is 51.0 Å². The van der Waals surface area contributed by atoms with Gasteiger partial charge in [-0.3, -0.25) is 4.79 Å². The zero-order valence-corrected chi connectivity index (χ0v) is 13.4. The van der Waals surface area contributed by atoms with Crippen molar-refractivity contribution in [2.24, 2.45) is 11.7 Å². The molecule has 1 atom stereocenters. The average molecular weight is 311 g/mol. The van der Waals surface area contributed by atoms with Gasteiger partial charge in [-0.25, -0.2) is 0 Å². The van der Waals surface area contributed by atoms with E-state index in [2.05, 4.69) is 5.32 Å². The summed E-state index contributed by atoms with van der Waals surface area (Å²) in [5, 5.41) is 2.96. The Kier molecular flexibility index (Phi) is 8.40. The highest BCUT2D eigenvalue weighted by Crippen LogP contribution is 2.27. The number of carbonyl (C=O) groups excluding carboxylic acids is 1. The van der Waals surface area contributed by atoms with Gasteiger partial charge in [0.05, 0.1) is 0 Å². The van der Waals surface area contributed by atoms with Crippen LogP contribution in [0.4, 0.5) is 0 Å². The van der Waals surface area contributed by atoms with E-state index in [1.165, 1.54) is 32.1 Å². The summed E-state index contributed by atoms with van der Waals surface area (Å²) in [7, 11) is 0. The number of amides is 1. The molecule has 1 amide bonds. The Labute approximate surface area is 134 Å². The molecule has 0 heterocycles. The number of hydrogen-bond acceptors (Lipinski definition) is 2. The lowest BCUT2D eigenvalue weighted by atomic mass is 9.86. The molecule has 21 heavy (non-hydrogen) atoms. The van der Waals surface area contributed by atoms with Crippen molar-refractivity contribution in [3.05, 3.63) is 35.9 Å². The third kappa shape index (κ3) is 6.49. The number of carbonyl (C=O) groups is 1. The highest BCUT2D eigenvalue weighted by molar-refractivity contribution is 5.85. The summed E-state index contributed by atoms with van der Waals surface area (Å²) < 4.78 is 0. The maximum Gasteiger partial charge on any atom is 0.220 e. The molecule has 0 aromatic heterocycles. The highest BCUT2D eigenvalue weighted by Gasteiger charge is 2.15. The van der Waals surface area contributed by atoms with Gasteiger partial charge in [0.15, 0.2) is 0 Å². The van der Waals surface area contributed by atoms with Crippen molar-refractivity contribution in [2.75, 3.05) is 6.54 Å². The molecule has 0 aliphatic heterocycles. The SMILES string of the molecule is Cl.NC(CNC(=O)CCC1CCCCC1)c1ccccc1. The van der Waals surface area contributed by atoms with E-state index in [0.29, 0.717) is 13.0 Å². The van der Waals surface area contributed by atoms with Crippen molar-refractivity contribution >= 4 is 18.3 Å². The molecule has 1 saturated carbocycles. The lowest BCUT2D eigenvalue weighted by molar-refractivity contribution is -0.121. The second-order valence-corrected chi connectivity index (χ2v) is 5.86. The predicted molar refractivity (Wildman–Crippen MR) is 89.4 cm³/mol. The molecule has 1 unspecified atom stereocenters. The smallest absolute Gasteiger partial charge is 0.220 e. The molecule has 0 bridgehead atoms. The average Bonchev–Trinajstić information content (AvgIpc) is 2.52. The maximum atomic E-state index is 11.9. The minimum Gasteiger partial charge on any atom is -0.354 e. The molecule has 1 aromatic carbocycles. The number of hydrogen-bond donors (Lipinski definition) is 2. The zero-order valence-electron chi connectivity index (χ0n) is 12.6. The van der Waals surface area contributed by atoms with Gasteiger partial charge in [0.1, 0.15) is 0 Å². The Morgan fingerprint density at radius 2 is 1.86 bits per heavy atom. The van der Waals surface area contributed by atoms with Crippen LogP contribution < -0.4 is 11.1 Å². The lowest BCUT2D eigenvalue weighted by Gasteiger charge is -2.21. The first-order valence-electron chi connectivity index (χ1n) is 7.83. The second-order valence-electron chi connectivity index (χ2n) is 5.86. The molecular formula is C17H27ClN2O. The second kappa shape index (κ2) is 9.80. The van der Waals surface area contributed by atoms with E-state index in [1.807, 2.05) is 30.3 Å². The molecule has 0 radical (unpaired) electrons. The van der Waals surface area contributed by atoms with Crippen molar-refractivity contribution in [3.8, 4) is 0 Å². The Morgan fingerprint density at radius 1 is 1.19 bits per heavy atom. The van der Waals surface area contributed by atoms with Crippen LogP contribution >= 0.6 is 12.4 Å². The van der Waals surface area contributed by atoms with E-state index >= 15 is 0 Å². The zero-order chi connectivity index (χ0) is 14.2. The standard InChI is InChI=1S/C17H26N2O.ClH/c18-16(15-9-5-2-6-10-15)13-19-17(20)12-11-14-7-3-1-4-8-14;/h2,5-6,9-10,14,16H,1,3-4,7-8,11-13,18H2,(H,19,20);1H. The fraction of sp³-hybridized carbons (Fsp3) is 0.588. The van der Waals surface area contributed by atoms with Crippen LogP contribution in [0.5, 0.6) is 0 Å². The third-order valence-corrected chi connectivity index (χ3v) is 4.25. The van der Waals surface area contributed by atoms with E-state index in [1.54, 1.807) is 0 Å². The number of nitrogens with one attached hydrogen (secondary N) is 1. The fourth-order valence-corrected chi connectivity index (χ4v) is 2.94. The molecule has 1 aromatic rings. The van der Waals surface area contributed by atoms with Crippen molar-refractivity contribution in [1.29, 1.82) is 0 Å². The summed E-state index contributed by atoms with van der Waals surface area (Å²) >= 11 is 0. The Balaban J connectivity index is 0.00000220. The largest absolute Gasteiger partial charge is 0.354 e. The van der Waals surface area contributed by atoms with Crippen LogP contribution in [0.3, 0.4) is 0 Å². The van der Waals surface area contributed by atoms with Crippen LogP contribution in [-0.4, -0.2) is 12.5 Å². The van der Waals surface area contributed by atoms with Gasteiger partial charge in [-0.1, -0.05) is 62.4 Å². The summed E-state index contributed by atoms with van der Waals surface area (Å²) in [6, 6.07) is 9.80. The molecular weight excluding hydrogens is 284 g/mol. The lowest BCUT2D eigenvalue weighted by Crippen LogP contribution is -2.32. The third-order valence-electron chi connectivity index (χ3n) is 4.25. The molecule has 1 aliphatic carbocycles. The topological polar surface area (TPSA) is 55.1 Å². The number of rotatable bonds is 6. The van der Waals surface area contributed by atoms with Crippen LogP contribution in [0.15, 0.2) is 30.3 Å². The van der Waals surface area contributed by atoms with Gasteiger partial charge < -0.3 is 11.1 Å². The van der Waals surface area contributed by atoms with E-state index < -0.39 is 0 Å². The summed E-state index contributed by atoms with van der Waals surface area (Å²) in [4.78, 5) is 11.9. The van der Waals surface area contributed by atoms with Crippen LogP contribution in [0, 0.1) is 5.92 Å². The molecule has 0 spiro atoms. The van der Waals surface area contributed by atoms with Crippen LogP contribution in [-0.2, 0) is 4.79 Å². The van der Waals surface area contributed by atoms with Gasteiger partial charge in [0.2, 0.25) is 5.91 Å².